The van der Waals surface area contributed by atoms with E-state index < -0.39 is 0 Å². The molecule has 0 spiro atoms. The van der Waals surface area contributed by atoms with Crippen molar-refractivity contribution in [1.82, 2.24) is 15.0 Å². The van der Waals surface area contributed by atoms with Crippen molar-refractivity contribution in [2.24, 2.45) is 11.7 Å². The Morgan fingerprint density at radius 3 is 2.76 bits per heavy atom. The van der Waals surface area contributed by atoms with Crippen molar-refractivity contribution < 1.29 is 4.79 Å². The Morgan fingerprint density at radius 1 is 1.06 bits per heavy atom. The van der Waals surface area contributed by atoms with Gasteiger partial charge in [0.2, 0.25) is 11.9 Å². The van der Waals surface area contributed by atoms with E-state index in [0.717, 1.165) is 62.0 Å². The van der Waals surface area contributed by atoms with Crippen molar-refractivity contribution in [1.29, 1.82) is 0 Å². The first kappa shape index (κ1) is 20.5. The van der Waals surface area contributed by atoms with Crippen LogP contribution in [0.3, 0.4) is 0 Å². The summed E-state index contributed by atoms with van der Waals surface area (Å²) in [5.41, 5.74) is 13.1. The third-order valence-corrected chi connectivity index (χ3v) is 7.16. The number of nitrogens with zero attached hydrogens (tertiary/aromatic N) is 4. The molecular formula is C26H30N6O. The van der Waals surface area contributed by atoms with Crippen molar-refractivity contribution in [3.8, 4) is 11.3 Å². The normalized spacial score (nSPS) is 20.5. The monoisotopic (exact) mass is 442 g/mol. The summed E-state index contributed by atoms with van der Waals surface area (Å²) in [7, 11) is 0. The van der Waals surface area contributed by atoms with Gasteiger partial charge >= 0.3 is 0 Å². The van der Waals surface area contributed by atoms with E-state index in [4.69, 9.17) is 10.7 Å². The lowest BCUT2D eigenvalue weighted by Crippen LogP contribution is -2.27. The molecule has 2 fully saturated rings. The largest absolute Gasteiger partial charge is 0.369 e. The van der Waals surface area contributed by atoms with Gasteiger partial charge in [0, 0.05) is 47.9 Å². The zero-order valence-electron chi connectivity index (χ0n) is 18.9. The van der Waals surface area contributed by atoms with Crippen LogP contribution >= 0.6 is 0 Å². The van der Waals surface area contributed by atoms with Crippen molar-refractivity contribution in [3.05, 3.63) is 41.7 Å². The predicted molar refractivity (Wildman–Crippen MR) is 130 cm³/mol. The number of pyridine rings is 1. The molecule has 3 aromatic rings. The average molecular weight is 443 g/mol. The second-order valence-corrected chi connectivity index (χ2v) is 9.70. The molecule has 33 heavy (non-hydrogen) atoms. The summed E-state index contributed by atoms with van der Waals surface area (Å²) in [6, 6.07) is 8.52. The van der Waals surface area contributed by atoms with Gasteiger partial charge in [-0.2, -0.15) is 0 Å². The molecule has 0 unspecified atom stereocenters. The molecule has 0 radical (unpaired) electrons. The third kappa shape index (κ3) is 4.06. The predicted octanol–water partition coefficient (Wildman–Crippen LogP) is 3.85. The Labute approximate surface area is 193 Å². The maximum atomic E-state index is 12.2. The lowest BCUT2D eigenvalue weighted by molar-refractivity contribution is -0.117. The molecule has 1 amide bonds. The molecule has 1 atom stereocenters. The Bertz CT molecular complexity index is 1220. The highest BCUT2D eigenvalue weighted by molar-refractivity contribution is 5.97. The molecule has 3 N–H and O–H groups in total. The van der Waals surface area contributed by atoms with Gasteiger partial charge in [0.1, 0.15) is 0 Å². The summed E-state index contributed by atoms with van der Waals surface area (Å²) >= 11 is 0. The molecule has 1 aromatic carbocycles. The van der Waals surface area contributed by atoms with Crippen molar-refractivity contribution in [2.45, 2.75) is 57.4 Å². The summed E-state index contributed by atoms with van der Waals surface area (Å²) < 4.78 is 0. The summed E-state index contributed by atoms with van der Waals surface area (Å²) in [5, 5.41) is 4.04. The van der Waals surface area contributed by atoms with Gasteiger partial charge in [0.15, 0.2) is 0 Å². The fourth-order valence-electron chi connectivity index (χ4n) is 5.22. The van der Waals surface area contributed by atoms with Gasteiger partial charge in [-0.05, 0) is 68.7 Å². The molecule has 3 heterocycles. The van der Waals surface area contributed by atoms with Crippen molar-refractivity contribution >= 4 is 28.4 Å². The van der Waals surface area contributed by atoms with Crippen LogP contribution < -0.4 is 16.0 Å². The smallest absolute Gasteiger partial charge is 0.229 e. The number of aromatic nitrogens is 3. The Hall–Kier alpha value is -3.06. The quantitative estimate of drug-likeness (QED) is 0.596. The average Bonchev–Trinajstić information content (AvgIpc) is 3.62. The van der Waals surface area contributed by atoms with Crippen molar-refractivity contribution in [3.63, 3.8) is 0 Å². The molecule has 6 rings (SSSR count). The van der Waals surface area contributed by atoms with Crippen LogP contribution in [0.15, 0.2) is 30.5 Å². The minimum Gasteiger partial charge on any atom is -0.369 e. The highest BCUT2D eigenvalue weighted by atomic mass is 16.2. The fourth-order valence-corrected chi connectivity index (χ4v) is 5.22. The van der Waals surface area contributed by atoms with E-state index in [1.54, 1.807) is 6.20 Å². The number of hydrogen-bond donors (Lipinski definition) is 2. The van der Waals surface area contributed by atoms with Crippen LogP contribution in [0.5, 0.6) is 0 Å². The number of fused-ring (bicyclic) bond motifs is 2. The lowest BCUT2D eigenvalue weighted by Gasteiger charge is -2.25. The van der Waals surface area contributed by atoms with E-state index in [1.165, 1.54) is 41.6 Å². The SMILES string of the molecule is N[C@H]1CCN(c2c3c(nc4ccc(-c5ccnc(NC(=O)C6CC6)n5)cc24)CCCCC3)C1. The summed E-state index contributed by atoms with van der Waals surface area (Å²) in [6.07, 6.45) is 10.4. The van der Waals surface area contributed by atoms with E-state index in [-0.39, 0.29) is 17.9 Å². The molecule has 7 nitrogen and oxygen atoms in total. The van der Waals surface area contributed by atoms with Gasteiger partial charge in [0.05, 0.1) is 16.9 Å². The second-order valence-electron chi connectivity index (χ2n) is 9.70. The number of carbonyl (C=O) groups is 1. The summed E-state index contributed by atoms with van der Waals surface area (Å²) in [6.45, 7) is 1.88. The zero-order valence-corrected chi connectivity index (χ0v) is 18.9. The number of nitrogens with one attached hydrogen (secondary N) is 1. The molecule has 1 saturated carbocycles. The van der Waals surface area contributed by atoms with Gasteiger partial charge in [-0.15, -0.1) is 0 Å². The molecule has 1 aliphatic heterocycles. The molecule has 170 valence electrons. The molecule has 2 aromatic heterocycles. The second kappa shape index (κ2) is 8.37. The summed E-state index contributed by atoms with van der Waals surface area (Å²) in [5.74, 6) is 0.508. The van der Waals surface area contributed by atoms with Crippen LogP contribution in [-0.2, 0) is 17.6 Å². The first-order valence-electron chi connectivity index (χ1n) is 12.3. The van der Waals surface area contributed by atoms with Crippen LogP contribution in [-0.4, -0.2) is 40.0 Å². The first-order valence-corrected chi connectivity index (χ1v) is 12.3. The maximum Gasteiger partial charge on any atom is 0.229 e. The topological polar surface area (TPSA) is 97.0 Å². The fraction of sp³-hybridized carbons (Fsp3) is 0.462. The molecule has 7 heteroatoms. The van der Waals surface area contributed by atoms with Crippen LogP contribution in [0.25, 0.3) is 22.2 Å². The van der Waals surface area contributed by atoms with E-state index in [2.05, 4.69) is 38.4 Å². The third-order valence-electron chi connectivity index (χ3n) is 7.16. The number of carbonyl (C=O) groups excluding carboxylic acids is 1. The highest BCUT2D eigenvalue weighted by Crippen LogP contribution is 2.38. The minimum absolute atomic E-state index is 0.0187. The van der Waals surface area contributed by atoms with Crippen molar-refractivity contribution in [2.75, 3.05) is 23.3 Å². The van der Waals surface area contributed by atoms with E-state index in [9.17, 15) is 4.79 Å². The van der Waals surface area contributed by atoms with Crippen LogP contribution in [0.1, 0.15) is 49.8 Å². The number of hydrogen-bond acceptors (Lipinski definition) is 6. The Kier molecular flexibility index (Phi) is 5.21. The number of amides is 1. The van der Waals surface area contributed by atoms with E-state index >= 15 is 0 Å². The van der Waals surface area contributed by atoms with Gasteiger partial charge in [-0.3, -0.25) is 15.1 Å². The van der Waals surface area contributed by atoms with Crippen LogP contribution in [0.2, 0.25) is 0 Å². The first-order chi connectivity index (χ1) is 16.2. The standard InChI is InChI=1S/C26H30N6O/c27-18-11-13-32(15-18)24-19-4-2-1-3-5-22(19)29-23-9-8-17(14-20(23)24)21-10-12-28-26(30-21)31-25(33)16-6-7-16/h8-10,12,14,16,18H,1-7,11,13,15,27H2,(H,28,30,31,33)/t18-/m0/s1. The van der Waals surface area contributed by atoms with Gasteiger partial charge in [-0.25, -0.2) is 9.97 Å². The van der Waals surface area contributed by atoms with Gasteiger partial charge < -0.3 is 10.6 Å². The van der Waals surface area contributed by atoms with Gasteiger partial charge in [-0.1, -0.05) is 12.5 Å². The minimum atomic E-state index is 0.0187. The molecule has 3 aliphatic rings. The molecular weight excluding hydrogens is 412 g/mol. The number of benzene rings is 1. The molecule has 1 saturated heterocycles. The Morgan fingerprint density at radius 2 is 1.94 bits per heavy atom. The molecule has 2 aliphatic carbocycles. The summed E-state index contributed by atoms with van der Waals surface area (Å²) in [4.78, 5) is 28.6. The van der Waals surface area contributed by atoms with Crippen LogP contribution in [0, 0.1) is 5.92 Å². The van der Waals surface area contributed by atoms with E-state index in [1.807, 2.05) is 6.07 Å². The van der Waals surface area contributed by atoms with Gasteiger partial charge in [0.25, 0.3) is 0 Å². The number of aryl methyl sites for hydroxylation is 1. The number of nitrogens with two attached hydrogens (primary N) is 1. The Balaban J connectivity index is 1.44. The lowest BCUT2D eigenvalue weighted by atomic mass is 9.99. The number of rotatable bonds is 4. The van der Waals surface area contributed by atoms with Crippen LogP contribution in [0.4, 0.5) is 11.6 Å². The highest BCUT2D eigenvalue weighted by Gasteiger charge is 2.30. The zero-order chi connectivity index (χ0) is 22.4. The molecule has 0 bridgehead atoms. The number of anilines is 2. The maximum absolute atomic E-state index is 12.2. The van der Waals surface area contributed by atoms with E-state index in [0.29, 0.717) is 5.95 Å².